The topological polar surface area (TPSA) is 36.9 Å². The Bertz CT molecular complexity index is 405. The third-order valence-electron chi connectivity index (χ3n) is 3.48. The van der Waals surface area contributed by atoms with Gasteiger partial charge in [-0.2, -0.15) is 0 Å². The maximum absolute atomic E-state index is 5.97. The van der Waals surface area contributed by atoms with Crippen LogP contribution in [0.15, 0.2) is 12.1 Å². The van der Waals surface area contributed by atoms with Crippen LogP contribution in [0.25, 0.3) is 0 Å². The van der Waals surface area contributed by atoms with Crippen molar-refractivity contribution in [2.45, 2.75) is 18.2 Å². The molecule has 112 valence electrons. The van der Waals surface area contributed by atoms with Gasteiger partial charge in [0.1, 0.15) is 0 Å². The molecule has 1 aromatic carbocycles. The van der Waals surface area contributed by atoms with Gasteiger partial charge in [-0.15, -0.1) is 0 Å². The van der Waals surface area contributed by atoms with Crippen molar-refractivity contribution in [3.05, 3.63) is 17.7 Å². The van der Waals surface area contributed by atoms with Crippen LogP contribution in [0.5, 0.6) is 17.2 Å². The Morgan fingerprint density at radius 3 is 2.25 bits per heavy atom. The fourth-order valence-corrected chi connectivity index (χ4v) is 2.59. The molecule has 4 nitrogen and oxygen atoms in total. The lowest BCUT2D eigenvalue weighted by molar-refractivity contribution is 0.0489. The van der Waals surface area contributed by atoms with Crippen molar-refractivity contribution < 1.29 is 18.9 Å². The third kappa shape index (κ3) is 3.79. The van der Waals surface area contributed by atoms with Crippen LogP contribution in [-0.4, -0.2) is 34.0 Å². The summed E-state index contributed by atoms with van der Waals surface area (Å²) in [5.74, 6) is 2.65. The normalized spacial score (nSPS) is 15.9. The summed E-state index contributed by atoms with van der Waals surface area (Å²) in [6.45, 7) is 2.32. The summed E-state index contributed by atoms with van der Waals surface area (Å²) >= 11 is 3.44. The zero-order valence-electron chi connectivity index (χ0n) is 12.0. The van der Waals surface area contributed by atoms with Crippen molar-refractivity contribution in [1.82, 2.24) is 0 Å². The Labute approximate surface area is 128 Å². The van der Waals surface area contributed by atoms with Gasteiger partial charge in [0.05, 0.1) is 20.8 Å². The van der Waals surface area contributed by atoms with Crippen LogP contribution in [0.3, 0.4) is 0 Å². The van der Waals surface area contributed by atoms with E-state index in [0.29, 0.717) is 29.8 Å². The first-order valence-electron chi connectivity index (χ1n) is 6.80. The fraction of sp³-hybridized carbons (Fsp3) is 0.600. The van der Waals surface area contributed by atoms with Gasteiger partial charge >= 0.3 is 0 Å². The second kappa shape index (κ2) is 7.74. The van der Waals surface area contributed by atoms with E-state index in [2.05, 4.69) is 15.9 Å². The van der Waals surface area contributed by atoms with Crippen molar-refractivity contribution >= 4 is 15.9 Å². The second-order valence-electron chi connectivity index (χ2n) is 4.83. The van der Waals surface area contributed by atoms with Gasteiger partial charge in [0.2, 0.25) is 5.75 Å². The van der Waals surface area contributed by atoms with Crippen LogP contribution < -0.4 is 14.2 Å². The number of rotatable bonds is 6. The molecule has 20 heavy (non-hydrogen) atoms. The maximum Gasteiger partial charge on any atom is 0.203 e. The molecule has 0 amide bonds. The van der Waals surface area contributed by atoms with E-state index in [1.807, 2.05) is 12.1 Å². The number of halogens is 1. The Hall–Kier alpha value is -0.940. The summed E-state index contributed by atoms with van der Waals surface area (Å²) in [5.41, 5.74) is 1.09. The van der Waals surface area contributed by atoms with E-state index in [4.69, 9.17) is 18.9 Å². The van der Waals surface area contributed by atoms with Crippen LogP contribution in [0.2, 0.25) is 0 Å². The fourth-order valence-electron chi connectivity index (χ4n) is 2.27. The molecule has 0 aromatic heterocycles. The molecule has 0 N–H and O–H groups in total. The summed E-state index contributed by atoms with van der Waals surface area (Å²) in [6, 6.07) is 3.94. The molecule has 5 heteroatoms. The van der Waals surface area contributed by atoms with E-state index in [-0.39, 0.29) is 0 Å². The van der Waals surface area contributed by atoms with E-state index in [1.165, 1.54) is 0 Å². The summed E-state index contributed by atoms with van der Waals surface area (Å²) in [6.07, 6.45) is 2.09. The molecule has 1 aromatic rings. The average Bonchev–Trinajstić information content (AvgIpc) is 2.52. The number of ether oxygens (including phenoxy) is 4. The van der Waals surface area contributed by atoms with Gasteiger partial charge in [-0.25, -0.2) is 0 Å². The van der Waals surface area contributed by atoms with Crippen LogP contribution in [0, 0.1) is 5.92 Å². The number of hydrogen-bond acceptors (Lipinski definition) is 4. The van der Waals surface area contributed by atoms with E-state index >= 15 is 0 Å². The highest BCUT2D eigenvalue weighted by Crippen LogP contribution is 2.39. The molecule has 1 fully saturated rings. The SMILES string of the molecule is COc1cc(CBr)cc(OC)c1OCC1CCOCC1. The van der Waals surface area contributed by atoms with Crippen molar-refractivity contribution in [2.75, 3.05) is 34.0 Å². The van der Waals surface area contributed by atoms with Crippen molar-refractivity contribution in [2.24, 2.45) is 5.92 Å². The van der Waals surface area contributed by atoms with Gasteiger partial charge in [0, 0.05) is 18.5 Å². The van der Waals surface area contributed by atoms with Gasteiger partial charge in [-0.1, -0.05) is 15.9 Å². The van der Waals surface area contributed by atoms with E-state index in [0.717, 1.165) is 36.9 Å². The van der Waals surface area contributed by atoms with Crippen LogP contribution in [0.4, 0.5) is 0 Å². The van der Waals surface area contributed by atoms with Crippen molar-refractivity contribution in [1.29, 1.82) is 0 Å². The second-order valence-corrected chi connectivity index (χ2v) is 5.39. The quantitative estimate of drug-likeness (QED) is 0.741. The van der Waals surface area contributed by atoms with E-state index in [1.54, 1.807) is 14.2 Å². The Morgan fingerprint density at radius 2 is 1.75 bits per heavy atom. The molecule has 0 saturated carbocycles. The van der Waals surface area contributed by atoms with Gasteiger partial charge in [-0.3, -0.25) is 0 Å². The highest BCUT2D eigenvalue weighted by Gasteiger charge is 2.18. The first-order valence-corrected chi connectivity index (χ1v) is 7.92. The van der Waals surface area contributed by atoms with Gasteiger partial charge in [0.15, 0.2) is 11.5 Å². The molecule has 1 aliphatic rings. The number of hydrogen-bond donors (Lipinski definition) is 0. The molecule has 0 atom stereocenters. The molecular weight excluding hydrogens is 324 g/mol. The molecular formula is C15H21BrO4. The Balaban J connectivity index is 2.11. The lowest BCUT2D eigenvalue weighted by atomic mass is 10.0. The molecule has 0 spiro atoms. The summed E-state index contributed by atoms with van der Waals surface area (Å²) in [4.78, 5) is 0. The van der Waals surface area contributed by atoms with Crippen molar-refractivity contribution in [3.63, 3.8) is 0 Å². The standard InChI is InChI=1S/C15H21BrO4/c1-17-13-7-12(9-16)8-14(18-2)15(13)20-10-11-3-5-19-6-4-11/h7-8,11H,3-6,9-10H2,1-2H3. The van der Waals surface area contributed by atoms with Gasteiger partial charge in [0.25, 0.3) is 0 Å². The van der Waals surface area contributed by atoms with E-state index in [9.17, 15) is 0 Å². The average molecular weight is 345 g/mol. The molecule has 1 aliphatic heterocycles. The van der Waals surface area contributed by atoms with Crippen molar-refractivity contribution in [3.8, 4) is 17.2 Å². The molecule has 0 aliphatic carbocycles. The van der Waals surface area contributed by atoms with Crippen LogP contribution >= 0.6 is 15.9 Å². The third-order valence-corrected chi connectivity index (χ3v) is 4.13. The van der Waals surface area contributed by atoms with Gasteiger partial charge in [-0.05, 0) is 36.5 Å². The Kier molecular flexibility index (Phi) is 5.98. The number of methoxy groups -OCH3 is 2. The lowest BCUT2D eigenvalue weighted by Gasteiger charge is -2.23. The van der Waals surface area contributed by atoms with Crippen LogP contribution in [-0.2, 0) is 10.1 Å². The molecule has 1 heterocycles. The molecule has 0 bridgehead atoms. The number of alkyl halides is 1. The summed E-state index contributed by atoms with van der Waals surface area (Å²) < 4.78 is 22.2. The summed E-state index contributed by atoms with van der Waals surface area (Å²) in [7, 11) is 3.29. The molecule has 0 unspecified atom stereocenters. The van der Waals surface area contributed by atoms with Gasteiger partial charge < -0.3 is 18.9 Å². The summed E-state index contributed by atoms with van der Waals surface area (Å²) in [5, 5.41) is 0.750. The number of benzene rings is 1. The monoisotopic (exact) mass is 344 g/mol. The molecule has 1 saturated heterocycles. The smallest absolute Gasteiger partial charge is 0.203 e. The first-order chi connectivity index (χ1) is 9.78. The van der Waals surface area contributed by atoms with E-state index < -0.39 is 0 Å². The first kappa shape index (κ1) is 15.4. The molecule has 0 radical (unpaired) electrons. The van der Waals surface area contributed by atoms with Crippen LogP contribution in [0.1, 0.15) is 18.4 Å². The lowest BCUT2D eigenvalue weighted by Crippen LogP contribution is -2.21. The predicted octanol–water partition coefficient (Wildman–Crippen LogP) is 3.40. The maximum atomic E-state index is 5.97. The minimum Gasteiger partial charge on any atom is -0.493 e. The molecule has 2 rings (SSSR count). The predicted molar refractivity (Wildman–Crippen MR) is 81.2 cm³/mol. The minimum atomic E-state index is 0.536. The largest absolute Gasteiger partial charge is 0.493 e. The Morgan fingerprint density at radius 1 is 1.15 bits per heavy atom. The minimum absolute atomic E-state index is 0.536. The zero-order chi connectivity index (χ0) is 14.4. The zero-order valence-corrected chi connectivity index (χ0v) is 13.6. The highest BCUT2D eigenvalue weighted by atomic mass is 79.9. The highest BCUT2D eigenvalue weighted by molar-refractivity contribution is 9.08.